The van der Waals surface area contributed by atoms with Crippen LogP contribution in [-0.2, 0) is 0 Å². The van der Waals surface area contributed by atoms with E-state index in [0.29, 0.717) is 6.04 Å². The fraction of sp³-hybridized carbons (Fsp3) is 1.00. The molecule has 0 spiro atoms. The van der Waals surface area contributed by atoms with Crippen molar-refractivity contribution in [1.82, 2.24) is 10.4 Å². The lowest BCUT2D eigenvalue weighted by molar-refractivity contribution is 0.126. The van der Waals surface area contributed by atoms with Crippen LogP contribution in [-0.4, -0.2) is 30.7 Å². The third-order valence-corrected chi connectivity index (χ3v) is 4.16. The summed E-state index contributed by atoms with van der Waals surface area (Å²) >= 11 is 0. The van der Waals surface area contributed by atoms with Crippen LogP contribution in [0.4, 0.5) is 0 Å². The molecule has 3 nitrogen and oxygen atoms in total. The number of nitrogens with one attached hydrogen (secondary N) is 1. The Balaban J connectivity index is 1.98. The Kier molecular flexibility index (Phi) is 10.4. The van der Waals surface area contributed by atoms with Crippen LogP contribution < -0.4 is 11.2 Å². The topological polar surface area (TPSA) is 41.3 Å². The summed E-state index contributed by atoms with van der Waals surface area (Å²) in [5.41, 5.74) is 9.51. The number of nitrogens with two attached hydrogens (primary N) is 1. The van der Waals surface area contributed by atoms with Crippen LogP contribution in [0.15, 0.2) is 0 Å². The van der Waals surface area contributed by atoms with Gasteiger partial charge in [0.25, 0.3) is 0 Å². The molecule has 0 radical (unpaired) electrons. The van der Waals surface area contributed by atoms with Gasteiger partial charge in [-0.3, -0.25) is 5.43 Å². The summed E-state index contributed by atoms with van der Waals surface area (Å²) in [5, 5.41) is 2.39. The number of hydrogen-bond acceptors (Lipinski definition) is 3. The molecule has 1 aliphatic rings. The van der Waals surface area contributed by atoms with E-state index in [-0.39, 0.29) is 0 Å². The summed E-state index contributed by atoms with van der Waals surface area (Å²) in [6, 6.07) is 0.494. The summed E-state index contributed by atoms with van der Waals surface area (Å²) in [7, 11) is 0. The SMILES string of the molecule is CCCCCCCCCC(CN)NN1CCCCC1. The lowest BCUT2D eigenvalue weighted by Crippen LogP contribution is -2.49. The quantitative estimate of drug-likeness (QED) is 0.565. The summed E-state index contributed by atoms with van der Waals surface area (Å²) in [5.74, 6) is 0. The standard InChI is InChI=1S/C16H35N3/c1-2-3-4-5-6-7-9-12-16(15-17)18-19-13-10-8-11-14-19/h16,18H,2-15,17H2,1H3. The van der Waals surface area contributed by atoms with Crippen molar-refractivity contribution in [3.8, 4) is 0 Å². The summed E-state index contributed by atoms with van der Waals surface area (Å²) in [6.45, 7) is 5.45. The average Bonchev–Trinajstić information content (AvgIpc) is 2.46. The van der Waals surface area contributed by atoms with Crippen molar-refractivity contribution < 1.29 is 0 Å². The zero-order valence-corrected chi connectivity index (χ0v) is 13.0. The molecule has 1 heterocycles. The highest BCUT2D eigenvalue weighted by atomic mass is 15.5. The Hall–Kier alpha value is -0.120. The van der Waals surface area contributed by atoms with E-state index in [9.17, 15) is 0 Å². The average molecular weight is 269 g/mol. The molecule has 1 atom stereocenters. The van der Waals surface area contributed by atoms with Gasteiger partial charge in [-0.25, -0.2) is 5.01 Å². The second-order valence-corrected chi connectivity index (χ2v) is 6.02. The van der Waals surface area contributed by atoms with Crippen molar-refractivity contribution in [3.63, 3.8) is 0 Å². The minimum Gasteiger partial charge on any atom is -0.329 e. The second kappa shape index (κ2) is 11.7. The molecular weight excluding hydrogens is 234 g/mol. The number of nitrogens with zero attached hydrogens (tertiary/aromatic N) is 1. The highest BCUT2D eigenvalue weighted by Gasteiger charge is 2.14. The van der Waals surface area contributed by atoms with Gasteiger partial charge in [-0.05, 0) is 19.3 Å². The molecule has 19 heavy (non-hydrogen) atoms. The van der Waals surface area contributed by atoms with E-state index in [0.717, 1.165) is 6.54 Å². The van der Waals surface area contributed by atoms with Crippen molar-refractivity contribution in [2.45, 2.75) is 83.6 Å². The van der Waals surface area contributed by atoms with Crippen molar-refractivity contribution in [3.05, 3.63) is 0 Å². The van der Waals surface area contributed by atoms with E-state index in [1.165, 1.54) is 83.7 Å². The molecule has 1 unspecified atom stereocenters. The molecule has 3 heteroatoms. The Morgan fingerprint density at radius 3 is 2.21 bits per heavy atom. The maximum atomic E-state index is 5.88. The van der Waals surface area contributed by atoms with Gasteiger partial charge in [-0.1, -0.05) is 58.3 Å². The molecule has 1 aliphatic heterocycles. The van der Waals surface area contributed by atoms with Crippen LogP contribution in [0, 0.1) is 0 Å². The van der Waals surface area contributed by atoms with Crippen LogP contribution >= 0.6 is 0 Å². The molecule has 1 fully saturated rings. The first-order valence-corrected chi connectivity index (χ1v) is 8.58. The third-order valence-electron chi connectivity index (χ3n) is 4.16. The van der Waals surface area contributed by atoms with Crippen LogP contribution in [0.2, 0.25) is 0 Å². The lowest BCUT2D eigenvalue weighted by Gasteiger charge is -2.31. The molecule has 3 N–H and O–H groups in total. The van der Waals surface area contributed by atoms with Crippen LogP contribution in [0.25, 0.3) is 0 Å². The summed E-state index contributed by atoms with van der Waals surface area (Å²) in [6.07, 6.45) is 15.0. The Bertz CT molecular complexity index is 190. The molecule has 0 aromatic rings. The summed E-state index contributed by atoms with van der Waals surface area (Å²) < 4.78 is 0. The number of unbranched alkanes of at least 4 members (excludes halogenated alkanes) is 6. The molecular formula is C16H35N3. The first-order valence-electron chi connectivity index (χ1n) is 8.58. The van der Waals surface area contributed by atoms with E-state index in [1.807, 2.05) is 0 Å². The highest BCUT2D eigenvalue weighted by molar-refractivity contribution is 4.69. The van der Waals surface area contributed by atoms with Crippen molar-refractivity contribution in [2.75, 3.05) is 19.6 Å². The summed E-state index contributed by atoms with van der Waals surface area (Å²) in [4.78, 5) is 0. The number of rotatable bonds is 11. The molecule has 0 aromatic heterocycles. The van der Waals surface area contributed by atoms with E-state index >= 15 is 0 Å². The van der Waals surface area contributed by atoms with Gasteiger partial charge in [-0.2, -0.15) is 0 Å². The predicted octanol–water partition coefficient (Wildman–Crippen LogP) is 3.44. The first kappa shape index (κ1) is 16.9. The molecule has 1 saturated heterocycles. The Morgan fingerprint density at radius 1 is 0.947 bits per heavy atom. The van der Waals surface area contributed by atoms with E-state index in [4.69, 9.17) is 5.73 Å². The van der Waals surface area contributed by atoms with Gasteiger partial charge >= 0.3 is 0 Å². The van der Waals surface area contributed by atoms with Gasteiger partial charge < -0.3 is 5.73 Å². The number of hydrazine groups is 1. The van der Waals surface area contributed by atoms with Crippen LogP contribution in [0.5, 0.6) is 0 Å². The van der Waals surface area contributed by atoms with E-state index in [1.54, 1.807) is 0 Å². The maximum Gasteiger partial charge on any atom is 0.0337 e. The highest BCUT2D eigenvalue weighted by Crippen LogP contribution is 2.11. The zero-order valence-electron chi connectivity index (χ0n) is 13.0. The van der Waals surface area contributed by atoms with Gasteiger partial charge in [0.2, 0.25) is 0 Å². The first-order chi connectivity index (χ1) is 9.36. The van der Waals surface area contributed by atoms with Crippen molar-refractivity contribution >= 4 is 0 Å². The second-order valence-electron chi connectivity index (χ2n) is 6.02. The van der Waals surface area contributed by atoms with E-state index < -0.39 is 0 Å². The normalized spacial score (nSPS) is 18.6. The molecule has 0 saturated carbocycles. The fourth-order valence-electron chi connectivity index (χ4n) is 2.86. The molecule has 0 bridgehead atoms. The zero-order chi connectivity index (χ0) is 13.8. The van der Waals surface area contributed by atoms with Gasteiger partial charge in [0.05, 0.1) is 0 Å². The van der Waals surface area contributed by atoms with Gasteiger partial charge in [0, 0.05) is 25.7 Å². The van der Waals surface area contributed by atoms with Gasteiger partial charge in [-0.15, -0.1) is 0 Å². The van der Waals surface area contributed by atoms with Crippen LogP contribution in [0.3, 0.4) is 0 Å². The van der Waals surface area contributed by atoms with Gasteiger partial charge in [0.15, 0.2) is 0 Å². The molecule has 0 amide bonds. The van der Waals surface area contributed by atoms with Crippen LogP contribution in [0.1, 0.15) is 77.6 Å². The monoisotopic (exact) mass is 269 g/mol. The third kappa shape index (κ3) is 8.61. The van der Waals surface area contributed by atoms with E-state index in [2.05, 4.69) is 17.4 Å². The minimum absolute atomic E-state index is 0.494. The fourth-order valence-corrected chi connectivity index (χ4v) is 2.86. The van der Waals surface area contributed by atoms with Crippen molar-refractivity contribution in [1.29, 1.82) is 0 Å². The molecule has 114 valence electrons. The number of hydrogen-bond donors (Lipinski definition) is 2. The molecule has 0 aromatic carbocycles. The molecule has 1 rings (SSSR count). The van der Waals surface area contributed by atoms with Crippen molar-refractivity contribution in [2.24, 2.45) is 5.73 Å². The Labute approximate surface area is 120 Å². The maximum absolute atomic E-state index is 5.88. The largest absolute Gasteiger partial charge is 0.329 e. The lowest BCUT2D eigenvalue weighted by atomic mass is 10.1. The minimum atomic E-state index is 0.494. The van der Waals surface area contributed by atoms with Gasteiger partial charge in [0.1, 0.15) is 0 Å². The predicted molar refractivity (Wildman–Crippen MR) is 84.0 cm³/mol. The smallest absolute Gasteiger partial charge is 0.0337 e. The Morgan fingerprint density at radius 2 is 1.58 bits per heavy atom. The molecule has 0 aliphatic carbocycles. The number of piperidine rings is 1.